The number of phenolic OH excluding ortho intramolecular Hbond substituents is 2. The molecule has 1 fully saturated rings. The molecule has 2 heteroatoms. The Hall–Kier alpha value is -1.18. The van der Waals surface area contributed by atoms with Gasteiger partial charge < -0.3 is 10.2 Å². The van der Waals surface area contributed by atoms with Crippen molar-refractivity contribution in [3.63, 3.8) is 0 Å². The number of hydrogen-bond acceptors (Lipinski definition) is 2. The lowest BCUT2D eigenvalue weighted by molar-refractivity contribution is 0.192. The summed E-state index contributed by atoms with van der Waals surface area (Å²) in [5.41, 5.74) is 1.82. The maximum atomic E-state index is 10.5. The van der Waals surface area contributed by atoms with Crippen molar-refractivity contribution in [3.8, 4) is 11.5 Å². The van der Waals surface area contributed by atoms with Gasteiger partial charge in [0.25, 0.3) is 0 Å². The third-order valence-corrected chi connectivity index (χ3v) is 5.13. The molecule has 1 aliphatic rings. The van der Waals surface area contributed by atoms with Crippen LogP contribution in [-0.4, -0.2) is 10.2 Å². The first-order valence-corrected chi connectivity index (χ1v) is 8.48. The Morgan fingerprint density at radius 2 is 1.76 bits per heavy atom. The lowest BCUT2D eigenvalue weighted by atomic mass is 9.67. The molecule has 1 aromatic rings. The fraction of sp³-hybridized carbons (Fsp3) is 0.684. The number of rotatable bonds is 4. The lowest BCUT2D eigenvalue weighted by Gasteiger charge is -2.38. The van der Waals surface area contributed by atoms with Crippen molar-refractivity contribution in [1.82, 2.24) is 0 Å². The van der Waals surface area contributed by atoms with E-state index in [0.29, 0.717) is 29.3 Å². The summed E-state index contributed by atoms with van der Waals surface area (Å²) in [4.78, 5) is 0. The standard InChI is InChI=1S/C19H30O2/c1-5-6-14-10-17(20)19(18(21)11-14)16-9-13(4)7-8-15(16)12(2)3/h10-13,15-16,20-21H,5-9H2,1-4H3/t13?,15-,16+/m0/s1. The SMILES string of the molecule is CCCc1cc(O)c([C@@H]2CC(C)CC[C@H]2C(C)C)c(O)c1. The largest absolute Gasteiger partial charge is 0.508 e. The van der Waals surface area contributed by atoms with E-state index in [9.17, 15) is 10.2 Å². The Bertz CT molecular complexity index is 455. The van der Waals surface area contributed by atoms with Gasteiger partial charge in [0.2, 0.25) is 0 Å². The van der Waals surface area contributed by atoms with E-state index in [1.165, 1.54) is 12.8 Å². The van der Waals surface area contributed by atoms with Crippen molar-refractivity contribution in [2.24, 2.45) is 17.8 Å². The van der Waals surface area contributed by atoms with Crippen LogP contribution in [0.4, 0.5) is 0 Å². The minimum atomic E-state index is 0.282. The molecule has 2 rings (SSSR count). The highest BCUT2D eigenvalue weighted by Gasteiger charge is 2.34. The zero-order valence-corrected chi connectivity index (χ0v) is 13.9. The molecular formula is C19H30O2. The second-order valence-electron chi connectivity index (χ2n) is 7.23. The predicted molar refractivity (Wildman–Crippen MR) is 87.9 cm³/mol. The van der Waals surface area contributed by atoms with Crippen molar-refractivity contribution in [2.45, 2.75) is 65.7 Å². The molecule has 0 amide bonds. The molecule has 0 spiro atoms. The van der Waals surface area contributed by atoms with Crippen LogP contribution in [0, 0.1) is 17.8 Å². The van der Waals surface area contributed by atoms with Crippen LogP contribution in [0.2, 0.25) is 0 Å². The zero-order chi connectivity index (χ0) is 15.6. The molecule has 1 unspecified atom stereocenters. The summed E-state index contributed by atoms with van der Waals surface area (Å²) >= 11 is 0. The quantitative estimate of drug-likeness (QED) is 0.797. The van der Waals surface area contributed by atoms with E-state index in [1.54, 1.807) is 0 Å². The van der Waals surface area contributed by atoms with Gasteiger partial charge in [-0.15, -0.1) is 0 Å². The maximum Gasteiger partial charge on any atom is 0.123 e. The third-order valence-electron chi connectivity index (χ3n) is 5.13. The molecule has 0 saturated heterocycles. The van der Waals surface area contributed by atoms with Crippen LogP contribution in [0.3, 0.4) is 0 Å². The Labute approximate surface area is 129 Å². The van der Waals surface area contributed by atoms with E-state index in [1.807, 2.05) is 12.1 Å². The maximum absolute atomic E-state index is 10.5. The molecule has 0 bridgehead atoms. The number of aromatic hydroxyl groups is 2. The van der Waals surface area contributed by atoms with Crippen LogP contribution in [0.5, 0.6) is 11.5 Å². The molecule has 0 aromatic heterocycles. The van der Waals surface area contributed by atoms with Crippen molar-refractivity contribution in [2.75, 3.05) is 0 Å². The van der Waals surface area contributed by atoms with Gasteiger partial charge in [-0.25, -0.2) is 0 Å². The van der Waals surface area contributed by atoms with Crippen molar-refractivity contribution < 1.29 is 10.2 Å². The van der Waals surface area contributed by atoms with E-state index in [2.05, 4.69) is 27.7 Å². The van der Waals surface area contributed by atoms with Gasteiger partial charge in [-0.2, -0.15) is 0 Å². The fourth-order valence-electron chi connectivity index (χ4n) is 4.03. The summed E-state index contributed by atoms with van der Waals surface area (Å²) in [6.45, 7) is 8.91. The summed E-state index contributed by atoms with van der Waals surface area (Å²) < 4.78 is 0. The van der Waals surface area contributed by atoms with Gasteiger partial charge in [0, 0.05) is 5.56 Å². The Balaban J connectivity index is 2.38. The molecule has 1 aliphatic carbocycles. The summed E-state index contributed by atoms with van der Waals surface area (Å²) in [5.74, 6) is 2.67. The molecule has 2 nitrogen and oxygen atoms in total. The molecule has 0 heterocycles. The van der Waals surface area contributed by atoms with Crippen molar-refractivity contribution >= 4 is 0 Å². The van der Waals surface area contributed by atoms with Gasteiger partial charge in [0.15, 0.2) is 0 Å². The summed E-state index contributed by atoms with van der Waals surface area (Å²) in [6.07, 6.45) is 5.44. The van der Waals surface area contributed by atoms with Gasteiger partial charge in [-0.1, -0.05) is 40.5 Å². The van der Waals surface area contributed by atoms with Crippen LogP contribution >= 0.6 is 0 Å². The minimum Gasteiger partial charge on any atom is -0.508 e. The van der Waals surface area contributed by atoms with Gasteiger partial charge in [-0.3, -0.25) is 0 Å². The van der Waals surface area contributed by atoms with E-state index in [-0.39, 0.29) is 5.92 Å². The Morgan fingerprint density at radius 3 is 2.29 bits per heavy atom. The highest BCUT2D eigenvalue weighted by atomic mass is 16.3. The lowest BCUT2D eigenvalue weighted by Crippen LogP contribution is -2.26. The normalized spacial score (nSPS) is 26.2. The monoisotopic (exact) mass is 290 g/mol. The summed E-state index contributed by atoms with van der Waals surface area (Å²) in [5, 5.41) is 21.0. The first-order chi connectivity index (χ1) is 9.93. The van der Waals surface area contributed by atoms with Crippen LogP contribution in [0.1, 0.15) is 70.4 Å². The van der Waals surface area contributed by atoms with Gasteiger partial charge in [-0.05, 0) is 60.6 Å². The summed E-state index contributed by atoms with van der Waals surface area (Å²) in [7, 11) is 0. The highest BCUT2D eigenvalue weighted by molar-refractivity contribution is 5.49. The molecule has 0 aliphatic heterocycles. The molecular weight excluding hydrogens is 260 g/mol. The minimum absolute atomic E-state index is 0.282. The molecule has 1 aromatic carbocycles. The van der Waals surface area contributed by atoms with Crippen molar-refractivity contribution in [1.29, 1.82) is 0 Å². The second-order valence-corrected chi connectivity index (χ2v) is 7.23. The van der Waals surface area contributed by atoms with Crippen LogP contribution < -0.4 is 0 Å². The second kappa shape index (κ2) is 6.72. The van der Waals surface area contributed by atoms with Gasteiger partial charge in [0.1, 0.15) is 11.5 Å². The third kappa shape index (κ3) is 3.53. The summed E-state index contributed by atoms with van der Waals surface area (Å²) in [6, 6.07) is 3.71. The van der Waals surface area contributed by atoms with E-state index in [0.717, 1.165) is 30.4 Å². The van der Waals surface area contributed by atoms with Crippen LogP contribution in [0.15, 0.2) is 12.1 Å². The van der Waals surface area contributed by atoms with Crippen molar-refractivity contribution in [3.05, 3.63) is 23.3 Å². The fourth-order valence-corrected chi connectivity index (χ4v) is 4.03. The molecule has 3 atom stereocenters. The first-order valence-electron chi connectivity index (χ1n) is 8.48. The highest BCUT2D eigenvalue weighted by Crippen LogP contribution is 2.49. The molecule has 118 valence electrons. The molecule has 1 saturated carbocycles. The van der Waals surface area contributed by atoms with Crippen LogP contribution in [-0.2, 0) is 6.42 Å². The molecule has 2 N–H and O–H groups in total. The van der Waals surface area contributed by atoms with Gasteiger partial charge in [0.05, 0.1) is 0 Å². The zero-order valence-electron chi connectivity index (χ0n) is 13.9. The Kier molecular flexibility index (Phi) is 5.18. The molecule has 21 heavy (non-hydrogen) atoms. The number of benzene rings is 1. The number of phenols is 2. The van der Waals surface area contributed by atoms with E-state index < -0.39 is 0 Å². The first kappa shape index (κ1) is 16.2. The average Bonchev–Trinajstić information content (AvgIpc) is 2.38. The Morgan fingerprint density at radius 1 is 1.14 bits per heavy atom. The van der Waals surface area contributed by atoms with Crippen LogP contribution in [0.25, 0.3) is 0 Å². The van der Waals surface area contributed by atoms with E-state index in [4.69, 9.17) is 0 Å². The average molecular weight is 290 g/mol. The number of hydrogen-bond donors (Lipinski definition) is 2. The smallest absolute Gasteiger partial charge is 0.123 e. The number of aryl methyl sites for hydroxylation is 1. The molecule has 0 radical (unpaired) electrons. The predicted octanol–water partition coefficient (Wildman–Crippen LogP) is 5.23. The topological polar surface area (TPSA) is 40.5 Å². The van der Waals surface area contributed by atoms with Gasteiger partial charge >= 0.3 is 0 Å². The van der Waals surface area contributed by atoms with E-state index >= 15 is 0 Å².